The van der Waals surface area contributed by atoms with Gasteiger partial charge in [0.15, 0.2) is 0 Å². The van der Waals surface area contributed by atoms with Crippen LogP contribution in [0, 0.1) is 0 Å². The van der Waals surface area contributed by atoms with Crippen LogP contribution in [0.1, 0.15) is 21.6 Å². The maximum atomic E-state index is 13.3. The Labute approximate surface area is 306 Å². The van der Waals surface area contributed by atoms with Gasteiger partial charge in [0.1, 0.15) is 17.2 Å². The number of hydrogen-bond donors (Lipinski definition) is 4. The molecule has 288 valence electrons. The van der Waals surface area contributed by atoms with E-state index in [1.165, 1.54) is 31.4 Å². The number of carbonyl (C=O) groups is 2. The first-order valence-corrected chi connectivity index (χ1v) is 16.6. The number of amides is 3. The standard InChI is InChI=1S/C25H24F3N5O4.C11H13F3N2O/c1-29-23(34)21-15-19(8-9-30-21)37-18-5-3-17(4-6-18)31-24(35)32-20-14-16(25(26,27)28)2-7-22(20)33-10-12-36-13-11-33;12-11(13,14)8-1-2-10(9(15)7-8)16-3-5-17-6-4-16/h2-9,14-15H,10-13H2,1H3,(H,29,34)(H2,31,32,35);1-2,7H,3-6,15H2. The lowest BCUT2D eigenvalue weighted by Crippen LogP contribution is -2.37. The number of urea groups is 1. The number of nitrogens with one attached hydrogen (secondary N) is 3. The second-order valence-electron chi connectivity index (χ2n) is 11.9. The van der Waals surface area contributed by atoms with E-state index in [-0.39, 0.29) is 23.0 Å². The normalized spacial score (nSPS) is 14.7. The molecule has 2 fully saturated rings. The van der Waals surface area contributed by atoms with E-state index in [0.717, 1.165) is 24.3 Å². The van der Waals surface area contributed by atoms with Gasteiger partial charge in [-0.3, -0.25) is 9.78 Å². The molecule has 2 aliphatic rings. The van der Waals surface area contributed by atoms with Gasteiger partial charge in [-0.25, -0.2) is 4.79 Å². The van der Waals surface area contributed by atoms with Gasteiger partial charge in [0, 0.05) is 51.2 Å². The van der Waals surface area contributed by atoms with Crippen molar-refractivity contribution in [3.63, 3.8) is 0 Å². The second kappa shape index (κ2) is 17.4. The summed E-state index contributed by atoms with van der Waals surface area (Å²) in [6.45, 7) is 4.30. The number of carbonyl (C=O) groups excluding carboxylic acids is 2. The van der Waals surface area contributed by atoms with Crippen molar-refractivity contribution in [2.24, 2.45) is 0 Å². The van der Waals surface area contributed by atoms with Crippen LogP contribution in [0.25, 0.3) is 0 Å². The van der Waals surface area contributed by atoms with Gasteiger partial charge in [0.2, 0.25) is 0 Å². The third-order valence-corrected chi connectivity index (χ3v) is 8.17. The van der Waals surface area contributed by atoms with Gasteiger partial charge in [-0.1, -0.05) is 0 Å². The van der Waals surface area contributed by atoms with Gasteiger partial charge >= 0.3 is 18.4 Å². The molecule has 54 heavy (non-hydrogen) atoms. The lowest BCUT2D eigenvalue weighted by atomic mass is 10.1. The van der Waals surface area contributed by atoms with Crippen molar-refractivity contribution in [3.8, 4) is 11.5 Å². The summed E-state index contributed by atoms with van der Waals surface area (Å²) in [6, 6.07) is 15.4. The quantitative estimate of drug-likeness (QED) is 0.117. The summed E-state index contributed by atoms with van der Waals surface area (Å²) >= 11 is 0. The Morgan fingerprint density at radius 3 is 1.83 bits per heavy atom. The van der Waals surface area contributed by atoms with Gasteiger partial charge in [-0.2, -0.15) is 26.3 Å². The number of morpholine rings is 2. The molecule has 0 aliphatic carbocycles. The van der Waals surface area contributed by atoms with Crippen LogP contribution in [0.15, 0.2) is 79.0 Å². The van der Waals surface area contributed by atoms with Crippen LogP contribution in [0.4, 0.5) is 59.6 Å². The molecule has 0 radical (unpaired) electrons. The van der Waals surface area contributed by atoms with Gasteiger partial charge in [-0.05, 0) is 66.7 Å². The first kappa shape index (κ1) is 39.5. The SMILES string of the molecule is CNC(=O)c1cc(Oc2ccc(NC(=O)Nc3cc(C(F)(F)F)ccc3N3CCOCC3)cc2)ccn1.Nc1cc(C(F)(F)F)ccc1N1CCOCC1. The highest BCUT2D eigenvalue weighted by atomic mass is 19.4. The Morgan fingerprint density at radius 1 is 0.722 bits per heavy atom. The summed E-state index contributed by atoms with van der Waals surface area (Å²) in [5, 5.41) is 7.63. The van der Waals surface area contributed by atoms with Crippen LogP contribution < -0.4 is 36.2 Å². The van der Waals surface area contributed by atoms with Crippen molar-refractivity contribution in [2.45, 2.75) is 12.4 Å². The maximum Gasteiger partial charge on any atom is 0.416 e. The van der Waals surface area contributed by atoms with E-state index in [4.69, 9.17) is 19.9 Å². The number of anilines is 5. The minimum Gasteiger partial charge on any atom is -0.457 e. The zero-order valence-corrected chi connectivity index (χ0v) is 28.9. The van der Waals surface area contributed by atoms with Gasteiger partial charge in [0.25, 0.3) is 5.91 Å². The zero-order chi connectivity index (χ0) is 38.9. The van der Waals surface area contributed by atoms with Crippen LogP contribution in [-0.4, -0.2) is 76.6 Å². The predicted octanol–water partition coefficient (Wildman–Crippen LogP) is 6.86. The zero-order valence-electron chi connectivity index (χ0n) is 28.9. The number of aromatic nitrogens is 1. The number of pyridine rings is 1. The Morgan fingerprint density at radius 2 is 1.28 bits per heavy atom. The topological polar surface area (TPSA) is 143 Å². The van der Waals surface area contributed by atoms with Crippen molar-refractivity contribution in [1.29, 1.82) is 0 Å². The summed E-state index contributed by atoms with van der Waals surface area (Å²) in [7, 11) is 1.50. The van der Waals surface area contributed by atoms with Gasteiger partial charge < -0.3 is 45.7 Å². The molecule has 12 nitrogen and oxygen atoms in total. The van der Waals surface area contributed by atoms with E-state index in [1.54, 1.807) is 30.3 Å². The van der Waals surface area contributed by atoms with E-state index >= 15 is 0 Å². The number of halogens is 6. The highest BCUT2D eigenvalue weighted by Gasteiger charge is 2.32. The smallest absolute Gasteiger partial charge is 0.416 e. The Balaban J connectivity index is 0.000000274. The molecule has 2 aliphatic heterocycles. The molecule has 4 aromatic rings. The fourth-order valence-electron chi connectivity index (χ4n) is 5.47. The molecule has 3 aromatic carbocycles. The molecule has 6 rings (SSSR count). The molecular formula is C36H37F6N7O5. The average Bonchev–Trinajstić information content (AvgIpc) is 3.15. The third-order valence-electron chi connectivity index (χ3n) is 8.17. The molecule has 0 spiro atoms. The van der Waals surface area contributed by atoms with Crippen molar-refractivity contribution in [2.75, 3.05) is 85.8 Å². The molecule has 0 bridgehead atoms. The summed E-state index contributed by atoms with van der Waals surface area (Å²) in [6.07, 6.45) is -7.46. The molecule has 0 atom stereocenters. The molecule has 0 unspecified atom stereocenters. The van der Waals surface area contributed by atoms with Crippen LogP contribution in [-0.2, 0) is 21.8 Å². The second-order valence-corrected chi connectivity index (χ2v) is 11.9. The molecule has 1 aromatic heterocycles. The van der Waals surface area contributed by atoms with Gasteiger partial charge in [-0.15, -0.1) is 0 Å². The first-order valence-electron chi connectivity index (χ1n) is 16.6. The van der Waals surface area contributed by atoms with Crippen LogP contribution in [0.5, 0.6) is 11.5 Å². The summed E-state index contributed by atoms with van der Waals surface area (Å²) < 4.78 is 93.5. The van der Waals surface area contributed by atoms with Crippen molar-refractivity contribution < 1.29 is 50.1 Å². The summed E-state index contributed by atoms with van der Waals surface area (Å²) in [4.78, 5) is 32.2. The lowest BCUT2D eigenvalue weighted by molar-refractivity contribution is -0.138. The van der Waals surface area contributed by atoms with E-state index in [1.807, 2.05) is 9.80 Å². The summed E-state index contributed by atoms with van der Waals surface area (Å²) in [5.74, 6) is 0.480. The lowest BCUT2D eigenvalue weighted by Gasteiger charge is -2.31. The van der Waals surface area contributed by atoms with Crippen molar-refractivity contribution in [3.05, 3.63) is 95.8 Å². The number of nitrogens with two attached hydrogens (primary N) is 1. The molecule has 3 amide bonds. The highest BCUT2D eigenvalue weighted by molar-refractivity contribution is 6.02. The number of rotatable bonds is 7. The van der Waals surface area contributed by atoms with Crippen molar-refractivity contribution >= 4 is 40.4 Å². The average molecular weight is 762 g/mol. The monoisotopic (exact) mass is 761 g/mol. The minimum atomic E-state index is -4.55. The number of nitrogens with zero attached hydrogens (tertiary/aromatic N) is 3. The van der Waals surface area contributed by atoms with Gasteiger partial charge in [0.05, 0.1) is 60.3 Å². The highest BCUT2D eigenvalue weighted by Crippen LogP contribution is 2.37. The molecule has 3 heterocycles. The molecule has 2 saturated heterocycles. The first-order chi connectivity index (χ1) is 25.7. The fourth-order valence-corrected chi connectivity index (χ4v) is 5.47. The number of benzene rings is 3. The Kier molecular flexibility index (Phi) is 12.7. The van der Waals surface area contributed by atoms with Crippen LogP contribution in [0.2, 0.25) is 0 Å². The molecular weight excluding hydrogens is 724 g/mol. The van der Waals surface area contributed by atoms with E-state index in [9.17, 15) is 35.9 Å². The van der Waals surface area contributed by atoms with Crippen molar-refractivity contribution in [1.82, 2.24) is 10.3 Å². The minimum absolute atomic E-state index is 0.0405. The Hall–Kier alpha value is -5.75. The predicted molar refractivity (Wildman–Crippen MR) is 190 cm³/mol. The van der Waals surface area contributed by atoms with E-state index in [2.05, 4.69) is 20.9 Å². The fraction of sp³-hybridized carbons (Fsp3) is 0.306. The number of hydrogen-bond acceptors (Lipinski definition) is 9. The van der Waals surface area contributed by atoms with E-state index in [0.29, 0.717) is 81.2 Å². The molecule has 18 heteroatoms. The Bertz CT molecular complexity index is 1900. The van der Waals surface area contributed by atoms with Crippen LogP contribution >= 0.6 is 0 Å². The molecule has 0 saturated carbocycles. The van der Waals surface area contributed by atoms with Crippen LogP contribution in [0.3, 0.4) is 0 Å². The number of ether oxygens (including phenoxy) is 3. The number of nitrogen functional groups attached to an aromatic ring is 1. The largest absolute Gasteiger partial charge is 0.457 e. The third kappa shape index (κ3) is 10.7. The summed E-state index contributed by atoms with van der Waals surface area (Å²) in [5.41, 5.74) is 5.99. The van der Waals surface area contributed by atoms with E-state index < -0.39 is 29.5 Å². The maximum absolute atomic E-state index is 13.3. The number of alkyl halides is 6. The molecule has 5 N–H and O–H groups in total.